The molecule has 0 unspecified atom stereocenters. The van der Waals surface area contributed by atoms with E-state index >= 15 is 0 Å². The number of anilines is 2. The van der Waals surface area contributed by atoms with Crippen molar-refractivity contribution in [3.8, 4) is 5.75 Å². The second kappa shape index (κ2) is 9.82. The average Bonchev–Trinajstić information content (AvgIpc) is 2.74. The molecule has 0 saturated carbocycles. The summed E-state index contributed by atoms with van der Waals surface area (Å²) in [7, 11) is 0. The molecule has 0 bridgehead atoms. The number of nitrogens with zero attached hydrogens (tertiary/aromatic N) is 2. The Hall–Kier alpha value is -3.22. The van der Waals surface area contributed by atoms with Crippen LogP contribution in [-0.4, -0.2) is 56.3 Å². The first-order valence-electron chi connectivity index (χ1n) is 9.81. The number of ether oxygens (including phenoxy) is 2. The molecule has 1 fully saturated rings. The first-order valence-corrected chi connectivity index (χ1v) is 9.81. The molecule has 1 saturated heterocycles. The highest BCUT2D eigenvalue weighted by molar-refractivity contribution is 5.92. The van der Waals surface area contributed by atoms with Gasteiger partial charge in [0, 0.05) is 37.6 Å². The Morgan fingerprint density at radius 3 is 2.24 bits per heavy atom. The Morgan fingerprint density at radius 2 is 1.62 bits per heavy atom. The van der Waals surface area contributed by atoms with Crippen LogP contribution in [0.5, 0.6) is 5.75 Å². The summed E-state index contributed by atoms with van der Waals surface area (Å²) in [6, 6.07) is 15.3. The molecular weight excluding hydrogens is 370 g/mol. The summed E-state index contributed by atoms with van der Waals surface area (Å²) in [5.41, 5.74) is 2.92. The number of hydrogen-bond acceptors (Lipinski definition) is 5. The Balaban J connectivity index is 1.45. The number of piperazine rings is 1. The zero-order valence-electron chi connectivity index (χ0n) is 16.9. The zero-order chi connectivity index (χ0) is 20.6. The quantitative estimate of drug-likeness (QED) is 0.810. The van der Waals surface area contributed by atoms with Gasteiger partial charge in [0.1, 0.15) is 5.75 Å². The van der Waals surface area contributed by atoms with E-state index < -0.39 is 0 Å². The number of aryl methyl sites for hydroxylation is 1. The second-order valence-electron chi connectivity index (χ2n) is 6.87. The van der Waals surface area contributed by atoms with Gasteiger partial charge in [-0.3, -0.25) is 4.79 Å². The lowest BCUT2D eigenvalue weighted by Gasteiger charge is -2.35. The van der Waals surface area contributed by atoms with Gasteiger partial charge in [0.05, 0.1) is 6.61 Å². The summed E-state index contributed by atoms with van der Waals surface area (Å²) in [4.78, 5) is 27.8. The van der Waals surface area contributed by atoms with Crippen LogP contribution < -0.4 is 15.0 Å². The molecule has 1 N–H and O–H groups in total. The molecule has 0 aromatic heterocycles. The number of hydrogen-bond donors (Lipinski definition) is 1. The van der Waals surface area contributed by atoms with Crippen molar-refractivity contribution in [3.05, 3.63) is 54.1 Å². The minimum atomic E-state index is -0.252. The van der Waals surface area contributed by atoms with Gasteiger partial charge in [-0.15, -0.1) is 0 Å². The van der Waals surface area contributed by atoms with Gasteiger partial charge in [0.25, 0.3) is 5.91 Å². The molecule has 1 aliphatic rings. The van der Waals surface area contributed by atoms with Crippen molar-refractivity contribution >= 4 is 23.4 Å². The molecule has 2 amide bonds. The maximum Gasteiger partial charge on any atom is 0.409 e. The van der Waals surface area contributed by atoms with Crippen molar-refractivity contribution in [2.45, 2.75) is 13.8 Å². The number of carbonyl (C=O) groups is 2. The van der Waals surface area contributed by atoms with E-state index in [2.05, 4.69) is 10.2 Å². The smallest absolute Gasteiger partial charge is 0.409 e. The second-order valence-corrected chi connectivity index (χ2v) is 6.87. The van der Waals surface area contributed by atoms with Crippen LogP contribution in [0.25, 0.3) is 0 Å². The number of benzene rings is 2. The van der Waals surface area contributed by atoms with Gasteiger partial charge in [-0.1, -0.05) is 17.7 Å². The molecule has 154 valence electrons. The van der Waals surface area contributed by atoms with Gasteiger partial charge in [0.2, 0.25) is 0 Å². The number of amides is 2. The van der Waals surface area contributed by atoms with E-state index in [0.717, 1.165) is 30.0 Å². The molecule has 7 nitrogen and oxygen atoms in total. The summed E-state index contributed by atoms with van der Waals surface area (Å²) in [6.45, 7) is 6.91. The van der Waals surface area contributed by atoms with Crippen molar-refractivity contribution in [2.24, 2.45) is 0 Å². The van der Waals surface area contributed by atoms with Gasteiger partial charge in [-0.25, -0.2) is 4.79 Å². The van der Waals surface area contributed by atoms with E-state index in [1.165, 1.54) is 0 Å². The lowest BCUT2D eigenvalue weighted by atomic mass is 10.2. The fourth-order valence-corrected chi connectivity index (χ4v) is 3.10. The number of rotatable bonds is 6. The van der Waals surface area contributed by atoms with E-state index in [4.69, 9.17) is 9.47 Å². The zero-order valence-corrected chi connectivity index (χ0v) is 16.9. The van der Waals surface area contributed by atoms with E-state index in [1.807, 2.05) is 62.4 Å². The topological polar surface area (TPSA) is 71.1 Å². The molecule has 2 aromatic carbocycles. The monoisotopic (exact) mass is 397 g/mol. The fraction of sp³-hybridized carbons (Fsp3) is 0.364. The summed E-state index contributed by atoms with van der Waals surface area (Å²) in [5, 5.41) is 2.84. The summed E-state index contributed by atoms with van der Waals surface area (Å²) < 4.78 is 10.5. The molecule has 2 aromatic rings. The normalized spacial score (nSPS) is 13.7. The first kappa shape index (κ1) is 20.5. The van der Waals surface area contributed by atoms with Crippen LogP contribution in [0.1, 0.15) is 12.5 Å². The highest BCUT2D eigenvalue weighted by Crippen LogP contribution is 2.20. The van der Waals surface area contributed by atoms with Crippen LogP contribution in [0.4, 0.5) is 16.2 Å². The molecule has 29 heavy (non-hydrogen) atoms. The largest absolute Gasteiger partial charge is 0.484 e. The number of nitrogens with one attached hydrogen (secondary N) is 1. The van der Waals surface area contributed by atoms with Gasteiger partial charge in [-0.05, 0) is 50.2 Å². The lowest BCUT2D eigenvalue weighted by Crippen LogP contribution is -2.49. The SMILES string of the molecule is CCOC(=O)N1CCN(c2ccc(NC(=O)COc3ccc(C)cc3)cc2)CC1. The van der Waals surface area contributed by atoms with Gasteiger partial charge < -0.3 is 24.6 Å². The highest BCUT2D eigenvalue weighted by Gasteiger charge is 2.22. The Bertz CT molecular complexity index is 813. The van der Waals surface area contributed by atoms with Crippen LogP contribution in [0.15, 0.2) is 48.5 Å². The summed E-state index contributed by atoms with van der Waals surface area (Å²) in [6.07, 6.45) is -0.252. The molecule has 1 aliphatic heterocycles. The predicted molar refractivity (Wildman–Crippen MR) is 113 cm³/mol. The van der Waals surface area contributed by atoms with Crippen LogP contribution in [-0.2, 0) is 9.53 Å². The lowest BCUT2D eigenvalue weighted by molar-refractivity contribution is -0.118. The van der Waals surface area contributed by atoms with Crippen molar-refractivity contribution < 1.29 is 19.1 Å². The van der Waals surface area contributed by atoms with E-state index in [1.54, 1.807) is 4.90 Å². The molecular formula is C22H27N3O4. The van der Waals surface area contributed by atoms with Crippen LogP contribution >= 0.6 is 0 Å². The predicted octanol–water partition coefficient (Wildman–Crippen LogP) is 3.29. The minimum Gasteiger partial charge on any atom is -0.484 e. The van der Waals surface area contributed by atoms with Crippen molar-refractivity contribution in [1.29, 1.82) is 0 Å². The molecule has 1 heterocycles. The van der Waals surface area contributed by atoms with Crippen LogP contribution in [0, 0.1) is 6.92 Å². The average molecular weight is 397 g/mol. The summed E-state index contributed by atoms with van der Waals surface area (Å²) >= 11 is 0. The number of carbonyl (C=O) groups excluding carboxylic acids is 2. The Kier molecular flexibility index (Phi) is 6.94. The highest BCUT2D eigenvalue weighted by atomic mass is 16.6. The third kappa shape index (κ3) is 5.88. The molecule has 0 spiro atoms. The molecule has 0 aliphatic carbocycles. The minimum absolute atomic E-state index is 0.0410. The Morgan fingerprint density at radius 1 is 0.966 bits per heavy atom. The first-order chi connectivity index (χ1) is 14.0. The molecule has 3 rings (SSSR count). The Labute approximate surface area is 171 Å². The van der Waals surface area contributed by atoms with Crippen molar-refractivity contribution in [2.75, 3.05) is 49.6 Å². The molecule has 0 atom stereocenters. The van der Waals surface area contributed by atoms with E-state index in [9.17, 15) is 9.59 Å². The van der Waals surface area contributed by atoms with Crippen molar-refractivity contribution in [1.82, 2.24) is 4.90 Å². The van der Waals surface area contributed by atoms with Crippen LogP contribution in [0.2, 0.25) is 0 Å². The van der Waals surface area contributed by atoms with Crippen molar-refractivity contribution in [3.63, 3.8) is 0 Å². The third-order valence-electron chi connectivity index (χ3n) is 4.71. The van der Waals surface area contributed by atoms with E-state index in [-0.39, 0.29) is 18.6 Å². The van der Waals surface area contributed by atoms with Gasteiger partial charge in [-0.2, -0.15) is 0 Å². The standard InChI is InChI=1S/C22H27N3O4/c1-3-28-22(27)25-14-12-24(13-15-25)19-8-6-18(7-9-19)23-21(26)16-29-20-10-4-17(2)5-11-20/h4-11H,3,12-16H2,1-2H3,(H,23,26). The fourth-order valence-electron chi connectivity index (χ4n) is 3.10. The van der Waals surface area contributed by atoms with Gasteiger partial charge >= 0.3 is 6.09 Å². The maximum absolute atomic E-state index is 12.1. The van der Waals surface area contributed by atoms with E-state index in [0.29, 0.717) is 25.4 Å². The molecule has 0 radical (unpaired) electrons. The third-order valence-corrected chi connectivity index (χ3v) is 4.71. The molecule has 7 heteroatoms. The maximum atomic E-state index is 12.1. The van der Waals surface area contributed by atoms with Gasteiger partial charge in [0.15, 0.2) is 6.61 Å². The summed E-state index contributed by atoms with van der Waals surface area (Å²) in [5.74, 6) is 0.462. The van der Waals surface area contributed by atoms with Crippen LogP contribution in [0.3, 0.4) is 0 Å².